The van der Waals surface area contributed by atoms with Gasteiger partial charge in [-0.3, -0.25) is 0 Å². The van der Waals surface area contributed by atoms with Crippen molar-refractivity contribution in [2.45, 2.75) is 10.8 Å². The van der Waals surface area contributed by atoms with E-state index in [9.17, 15) is 0 Å². The molecule has 0 bridgehead atoms. The van der Waals surface area contributed by atoms with Crippen LogP contribution in [0.5, 0.6) is 0 Å². The van der Waals surface area contributed by atoms with Gasteiger partial charge >= 0.3 is 0 Å². The highest BCUT2D eigenvalue weighted by atomic mass is 14.9. The smallest absolute Gasteiger partial charge is 0.159 e. The topological polar surface area (TPSA) is 25.8 Å². The van der Waals surface area contributed by atoms with E-state index in [0.29, 0.717) is 5.82 Å². The molecule has 76 heavy (non-hydrogen) atoms. The molecule has 0 N–H and O–H groups in total. The number of aromatic nitrogens is 2. The van der Waals surface area contributed by atoms with Crippen molar-refractivity contribution >= 4 is 21.5 Å². The summed E-state index contributed by atoms with van der Waals surface area (Å²) < 4.78 is 0. The number of nitrogens with zero attached hydrogens (tertiary/aromatic N) is 2. The molecular formula is C74H44N2. The molecule has 0 fully saturated rings. The van der Waals surface area contributed by atoms with Gasteiger partial charge in [-0.15, -0.1) is 0 Å². The summed E-state index contributed by atoms with van der Waals surface area (Å²) in [5.74, 6) is 0.695. The Hall–Kier alpha value is -9.76. The van der Waals surface area contributed by atoms with Crippen LogP contribution in [-0.2, 0) is 10.8 Å². The minimum absolute atomic E-state index is 0.466. The predicted molar refractivity (Wildman–Crippen MR) is 311 cm³/mol. The van der Waals surface area contributed by atoms with E-state index in [0.717, 1.165) is 22.1 Å². The fraction of sp³-hybridized carbons (Fsp3) is 0.0270. The third kappa shape index (κ3) is 5.30. The Kier molecular flexibility index (Phi) is 8.44. The number of hydrogen-bond acceptors (Lipinski definition) is 2. The van der Waals surface area contributed by atoms with Gasteiger partial charge in [0.15, 0.2) is 5.82 Å². The van der Waals surface area contributed by atoms with Crippen LogP contribution in [0.15, 0.2) is 267 Å². The molecule has 0 amide bonds. The first-order valence-corrected chi connectivity index (χ1v) is 26.5. The molecule has 4 aliphatic rings. The van der Waals surface area contributed by atoms with Crippen LogP contribution in [0.2, 0.25) is 0 Å². The van der Waals surface area contributed by atoms with Crippen LogP contribution in [0.4, 0.5) is 0 Å². The molecule has 4 aliphatic carbocycles. The zero-order valence-electron chi connectivity index (χ0n) is 41.3. The van der Waals surface area contributed by atoms with Crippen LogP contribution in [0, 0.1) is 0 Å². The molecule has 1 heterocycles. The average molecular weight is 961 g/mol. The molecule has 2 spiro atoms. The summed E-state index contributed by atoms with van der Waals surface area (Å²) in [6.45, 7) is 0. The Morgan fingerprint density at radius 3 is 0.961 bits per heavy atom. The summed E-state index contributed by atoms with van der Waals surface area (Å²) in [5.41, 5.74) is 28.0. The van der Waals surface area contributed by atoms with E-state index in [1.54, 1.807) is 0 Å². The Bertz CT molecular complexity index is 4510. The Balaban J connectivity index is 0.946. The van der Waals surface area contributed by atoms with E-state index >= 15 is 0 Å². The van der Waals surface area contributed by atoms with E-state index < -0.39 is 10.8 Å². The van der Waals surface area contributed by atoms with E-state index in [1.165, 1.54) is 127 Å². The van der Waals surface area contributed by atoms with Crippen molar-refractivity contribution in [2.24, 2.45) is 0 Å². The van der Waals surface area contributed by atoms with Crippen LogP contribution < -0.4 is 0 Å². The third-order valence-corrected chi connectivity index (χ3v) is 17.6. The number of hydrogen-bond donors (Lipinski definition) is 0. The monoisotopic (exact) mass is 960 g/mol. The molecule has 0 aliphatic heterocycles. The largest absolute Gasteiger partial charge is 0.236 e. The van der Waals surface area contributed by atoms with Crippen LogP contribution in [-0.4, -0.2) is 9.97 Å². The predicted octanol–water partition coefficient (Wildman–Crippen LogP) is 18.1. The second kappa shape index (κ2) is 15.4. The lowest BCUT2D eigenvalue weighted by Crippen LogP contribution is -2.25. The minimum Gasteiger partial charge on any atom is -0.236 e. The normalized spacial score (nSPS) is 14.0. The van der Waals surface area contributed by atoms with E-state index in [2.05, 4.69) is 249 Å². The van der Waals surface area contributed by atoms with Gasteiger partial charge in [0.2, 0.25) is 0 Å². The van der Waals surface area contributed by atoms with Crippen molar-refractivity contribution in [2.75, 3.05) is 0 Å². The summed E-state index contributed by atoms with van der Waals surface area (Å²) in [7, 11) is 0. The zero-order valence-corrected chi connectivity index (χ0v) is 41.3. The molecule has 0 atom stereocenters. The molecule has 1 aromatic heterocycles. The zero-order chi connectivity index (χ0) is 49.7. The third-order valence-electron chi connectivity index (χ3n) is 17.6. The standard InChI is InChI=1S/C74H44N2/c1-2-18-45(19-3-1)49-43-75-72(76-44-49)48-36-39-60-61(40-48)71(47-35-38-57-55-25-11-17-33-67(55)74(69(57)42-47)64-30-14-8-22-52(64)53-23-9-15-31-65(53)74)59-27-5-4-26-58(59)70(60)46-34-37-56-54-24-10-16-32-66(54)73(68(56)41-46)62-28-12-6-20-50(62)51-21-7-13-29-63(51)73/h1-44H. The summed E-state index contributed by atoms with van der Waals surface area (Å²) in [6, 6.07) is 95.7. The molecule has 0 radical (unpaired) electrons. The number of rotatable bonds is 4. The Morgan fingerprint density at radius 1 is 0.211 bits per heavy atom. The fourth-order valence-electron chi connectivity index (χ4n) is 14.7. The van der Waals surface area contributed by atoms with Crippen LogP contribution >= 0.6 is 0 Å². The van der Waals surface area contributed by atoms with Gasteiger partial charge in [-0.25, -0.2) is 9.97 Å². The van der Waals surface area contributed by atoms with Crippen LogP contribution in [0.25, 0.3) is 111 Å². The maximum absolute atomic E-state index is 5.06. The van der Waals surface area contributed by atoms with E-state index in [4.69, 9.17) is 9.97 Å². The molecule has 12 aromatic carbocycles. The van der Waals surface area contributed by atoms with Gasteiger partial charge in [0.1, 0.15) is 0 Å². The quantitative estimate of drug-likeness (QED) is 0.164. The Morgan fingerprint density at radius 2 is 0.539 bits per heavy atom. The first-order valence-electron chi connectivity index (χ1n) is 26.5. The summed E-state index contributed by atoms with van der Waals surface area (Å²) >= 11 is 0. The molecule has 2 heteroatoms. The minimum atomic E-state index is -0.477. The second-order valence-electron chi connectivity index (χ2n) is 21.0. The molecular weight excluding hydrogens is 917 g/mol. The molecule has 2 nitrogen and oxygen atoms in total. The Labute approximate surface area is 441 Å². The van der Waals surface area contributed by atoms with Crippen LogP contribution in [0.3, 0.4) is 0 Å². The van der Waals surface area contributed by atoms with Gasteiger partial charge in [0.05, 0.1) is 10.8 Å². The van der Waals surface area contributed by atoms with Gasteiger partial charge in [0.25, 0.3) is 0 Å². The lowest BCUT2D eigenvalue weighted by atomic mass is 9.70. The molecule has 0 unspecified atom stereocenters. The SMILES string of the molecule is c1ccc(-c2cnc(-c3ccc4c(-c5ccc6c(c5)C5(c7ccccc7-c7ccccc75)c5ccccc5-6)c5ccccc5c(-c5ccc6c(c5)C5(c7ccccc7-c7ccccc75)c5ccccc5-6)c4c3)nc2)cc1. The first kappa shape index (κ1) is 41.7. The second-order valence-corrected chi connectivity index (χ2v) is 21.0. The van der Waals surface area contributed by atoms with Gasteiger partial charge in [-0.1, -0.05) is 237 Å². The summed E-state index contributed by atoms with van der Waals surface area (Å²) in [4.78, 5) is 10.1. The summed E-state index contributed by atoms with van der Waals surface area (Å²) in [6.07, 6.45) is 3.92. The van der Waals surface area contributed by atoms with Crippen molar-refractivity contribution in [3.8, 4) is 89.3 Å². The van der Waals surface area contributed by atoms with Crippen molar-refractivity contribution < 1.29 is 0 Å². The fourth-order valence-corrected chi connectivity index (χ4v) is 14.7. The molecule has 0 saturated heterocycles. The molecule has 13 aromatic rings. The van der Waals surface area contributed by atoms with Crippen LogP contribution in [0.1, 0.15) is 44.5 Å². The maximum atomic E-state index is 5.06. The van der Waals surface area contributed by atoms with Crippen molar-refractivity contribution in [1.82, 2.24) is 9.97 Å². The van der Waals surface area contributed by atoms with Gasteiger partial charge in [-0.05, 0) is 157 Å². The van der Waals surface area contributed by atoms with E-state index in [-0.39, 0.29) is 0 Å². The van der Waals surface area contributed by atoms with Gasteiger partial charge in [-0.2, -0.15) is 0 Å². The highest BCUT2D eigenvalue weighted by Crippen LogP contribution is 2.65. The molecule has 350 valence electrons. The lowest BCUT2D eigenvalue weighted by Gasteiger charge is -2.31. The summed E-state index contributed by atoms with van der Waals surface area (Å²) in [5, 5.41) is 4.76. The first-order chi connectivity index (χ1) is 37.7. The average Bonchev–Trinajstić information content (AvgIpc) is 4.35. The number of benzene rings is 12. The maximum Gasteiger partial charge on any atom is 0.159 e. The lowest BCUT2D eigenvalue weighted by molar-refractivity contribution is 0.794. The number of fused-ring (bicyclic) bond motifs is 22. The van der Waals surface area contributed by atoms with Gasteiger partial charge < -0.3 is 0 Å². The van der Waals surface area contributed by atoms with E-state index in [1.807, 2.05) is 18.5 Å². The van der Waals surface area contributed by atoms with Crippen molar-refractivity contribution in [3.63, 3.8) is 0 Å². The molecule has 0 saturated carbocycles. The van der Waals surface area contributed by atoms with Gasteiger partial charge in [0, 0.05) is 23.5 Å². The highest BCUT2D eigenvalue weighted by Gasteiger charge is 2.53. The molecule has 17 rings (SSSR count). The highest BCUT2D eigenvalue weighted by molar-refractivity contribution is 6.22. The van der Waals surface area contributed by atoms with Crippen molar-refractivity contribution in [3.05, 3.63) is 312 Å². The van der Waals surface area contributed by atoms with Crippen molar-refractivity contribution in [1.29, 1.82) is 0 Å².